The third-order valence-electron chi connectivity index (χ3n) is 1.97. The van der Waals surface area contributed by atoms with Gasteiger partial charge < -0.3 is 40.9 Å². The van der Waals surface area contributed by atoms with Gasteiger partial charge in [-0.1, -0.05) is 0 Å². The van der Waals surface area contributed by atoms with Crippen molar-refractivity contribution in [2.24, 2.45) is 0 Å². The van der Waals surface area contributed by atoms with Crippen LogP contribution in [0.3, 0.4) is 0 Å². The highest BCUT2D eigenvalue weighted by Gasteiger charge is 2.44. The normalized spacial score (nSPS) is 19.3. The van der Waals surface area contributed by atoms with Gasteiger partial charge in [0, 0.05) is 0 Å². The Bertz CT molecular complexity index is 211. The van der Waals surface area contributed by atoms with E-state index in [2.05, 4.69) is 0 Å². The van der Waals surface area contributed by atoms with E-state index in [1.54, 1.807) is 0 Å². The summed E-state index contributed by atoms with van der Waals surface area (Å²) >= 11 is 0. The first-order chi connectivity index (χ1) is 7.01. The predicted octanol–water partition coefficient (Wildman–Crippen LogP) is -4.17. The van der Waals surface area contributed by atoms with Crippen LogP contribution < -0.4 is 0 Å². The van der Waals surface area contributed by atoms with E-state index in [4.69, 9.17) is 20.4 Å². The number of hydrogen-bond acceptors (Lipinski definition) is 8. The minimum atomic E-state index is -3.02. The molecule has 0 saturated heterocycles. The number of rotatable bonds is 6. The zero-order valence-corrected chi connectivity index (χ0v) is 8.72. The summed E-state index contributed by atoms with van der Waals surface area (Å²) in [7, 11) is 0. The van der Waals surface area contributed by atoms with Crippen molar-refractivity contribution in [2.45, 2.75) is 43.2 Å². The van der Waals surface area contributed by atoms with Gasteiger partial charge in [0.05, 0.1) is 13.0 Å². The van der Waals surface area contributed by atoms with Crippen LogP contribution in [-0.2, 0) is 0 Å². The summed E-state index contributed by atoms with van der Waals surface area (Å²) in [5, 5.41) is 72.2. The summed E-state index contributed by atoms with van der Waals surface area (Å²) in [5.41, 5.74) is 0. The quantitative estimate of drug-likeness (QED) is 0.217. The minimum absolute atomic E-state index is 0.843. The molecular weight excluding hydrogens is 224 g/mol. The van der Waals surface area contributed by atoms with Gasteiger partial charge in [0.25, 0.3) is 0 Å². The highest BCUT2D eigenvalue weighted by atomic mass is 16.5. The molecule has 8 nitrogen and oxygen atoms in total. The van der Waals surface area contributed by atoms with Crippen LogP contribution in [0.2, 0.25) is 0 Å². The van der Waals surface area contributed by atoms with Gasteiger partial charge in [-0.15, -0.1) is 0 Å². The van der Waals surface area contributed by atoms with E-state index in [1.807, 2.05) is 0 Å². The fourth-order valence-electron chi connectivity index (χ4n) is 1.19. The first kappa shape index (κ1) is 15.7. The molecule has 8 heteroatoms. The van der Waals surface area contributed by atoms with Crippen molar-refractivity contribution in [3.8, 4) is 0 Å². The summed E-state index contributed by atoms with van der Waals surface area (Å²) in [5.74, 6) is -5.50. The van der Waals surface area contributed by atoms with Crippen molar-refractivity contribution in [1.29, 1.82) is 0 Å². The topological polar surface area (TPSA) is 162 Å². The highest BCUT2D eigenvalue weighted by molar-refractivity contribution is 4.87. The Morgan fingerprint density at radius 3 is 1.75 bits per heavy atom. The first-order valence-corrected chi connectivity index (χ1v) is 4.56. The van der Waals surface area contributed by atoms with Crippen LogP contribution in [-0.4, -0.2) is 77.3 Å². The molecule has 0 heterocycles. The Morgan fingerprint density at radius 2 is 1.44 bits per heavy atom. The second-order valence-electron chi connectivity index (χ2n) is 3.96. The SMILES string of the molecule is CC(O)(O)CC(O)(O)[C@H](O)[C@@H](O)[C@H](O)CO. The molecule has 0 aliphatic carbocycles. The molecule has 0 fully saturated rings. The van der Waals surface area contributed by atoms with E-state index in [-0.39, 0.29) is 0 Å². The summed E-state index contributed by atoms with van der Waals surface area (Å²) < 4.78 is 0. The average molecular weight is 242 g/mol. The maximum atomic E-state index is 9.27. The predicted molar refractivity (Wildman–Crippen MR) is 49.7 cm³/mol. The largest absolute Gasteiger partial charge is 0.394 e. The van der Waals surface area contributed by atoms with Gasteiger partial charge in [0.1, 0.15) is 18.3 Å². The van der Waals surface area contributed by atoms with Crippen LogP contribution in [0, 0.1) is 0 Å². The molecule has 0 spiro atoms. The maximum Gasteiger partial charge on any atom is 0.197 e. The third kappa shape index (κ3) is 4.68. The Morgan fingerprint density at radius 1 is 1.00 bits per heavy atom. The standard InChI is InChI=1S/C8H18O8/c1-7(13,14)3-8(15,16)6(12)5(11)4(10)2-9/h4-6,9-16H,2-3H2,1H3/t4-,5+,6-/m1/s1. The summed E-state index contributed by atoms with van der Waals surface area (Å²) in [6, 6.07) is 0. The molecule has 98 valence electrons. The van der Waals surface area contributed by atoms with Crippen molar-refractivity contribution in [2.75, 3.05) is 6.61 Å². The first-order valence-electron chi connectivity index (χ1n) is 4.56. The zero-order chi connectivity index (χ0) is 13.1. The second kappa shape index (κ2) is 5.34. The molecule has 0 unspecified atom stereocenters. The summed E-state index contributed by atoms with van der Waals surface area (Å²) in [6.07, 6.45) is -7.16. The molecule has 0 amide bonds. The van der Waals surface area contributed by atoms with E-state index in [0.29, 0.717) is 0 Å². The molecule has 0 aromatic heterocycles. The van der Waals surface area contributed by atoms with Crippen molar-refractivity contribution < 1.29 is 40.9 Å². The number of aliphatic hydroxyl groups excluding tert-OH is 4. The van der Waals surface area contributed by atoms with Gasteiger partial charge in [-0.3, -0.25) is 0 Å². The fourth-order valence-corrected chi connectivity index (χ4v) is 1.19. The van der Waals surface area contributed by atoms with Crippen LogP contribution >= 0.6 is 0 Å². The summed E-state index contributed by atoms with van der Waals surface area (Å²) in [4.78, 5) is 0. The number of aliphatic hydroxyl groups is 8. The van der Waals surface area contributed by atoms with Crippen molar-refractivity contribution >= 4 is 0 Å². The van der Waals surface area contributed by atoms with E-state index < -0.39 is 42.9 Å². The lowest BCUT2D eigenvalue weighted by atomic mass is 9.94. The van der Waals surface area contributed by atoms with Crippen LogP contribution in [0.4, 0.5) is 0 Å². The van der Waals surface area contributed by atoms with Gasteiger partial charge >= 0.3 is 0 Å². The van der Waals surface area contributed by atoms with E-state index in [0.717, 1.165) is 6.92 Å². The second-order valence-corrected chi connectivity index (χ2v) is 3.96. The van der Waals surface area contributed by atoms with Gasteiger partial charge in [-0.2, -0.15) is 0 Å². The van der Waals surface area contributed by atoms with Gasteiger partial charge in [0.15, 0.2) is 11.6 Å². The fraction of sp³-hybridized carbons (Fsp3) is 1.00. The van der Waals surface area contributed by atoms with Crippen LogP contribution in [0.25, 0.3) is 0 Å². The Kier molecular flexibility index (Phi) is 5.23. The number of hydrogen-bond donors (Lipinski definition) is 8. The average Bonchev–Trinajstić information content (AvgIpc) is 2.10. The molecule has 0 aromatic rings. The molecule has 0 rings (SSSR count). The van der Waals surface area contributed by atoms with E-state index in [9.17, 15) is 20.4 Å². The third-order valence-corrected chi connectivity index (χ3v) is 1.97. The maximum absolute atomic E-state index is 9.27. The molecule has 0 aliphatic heterocycles. The summed E-state index contributed by atoms with van der Waals surface area (Å²) in [6.45, 7) is -0.0560. The molecular formula is C8H18O8. The Balaban J connectivity index is 4.62. The lowest BCUT2D eigenvalue weighted by molar-refractivity contribution is -0.300. The lowest BCUT2D eigenvalue weighted by Gasteiger charge is -2.34. The lowest BCUT2D eigenvalue weighted by Crippen LogP contribution is -2.56. The molecule has 16 heavy (non-hydrogen) atoms. The highest BCUT2D eigenvalue weighted by Crippen LogP contribution is 2.22. The zero-order valence-electron chi connectivity index (χ0n) is 8.72. The van der Waals surface area contributed by atoms with Crippen molar-refractivity contribution in [3.05, 3.63) is 0 Å². The van der Waals surface area contributed by atoms with E-state index >= 15 is 0 Å². The van der Waals surface area contributed by atoms with Gasteiger partial charge in [-0.05, 0) is 6.92 Å². The molecule has 0 radical (unpaired) electrons. The van der Waals surface area contributed by atoms with E-state index in [1.165, 1.54) is 0 Å². The molecule has 0 bridgehead atoms. The molecule has 0 saturated carbocycles. The molecule has 0 aromatic carbocycles. The Labute approximate surface area is 91.6 Å². The van der Waals surface area contributed by atoms with Gasteiger partial charge in [0.2, 0.25) is 0 Å². The molecule has 8 N–H and O–H groups in total. The van der Waals surface area contributed by atoms with Crippen molar-refractivity contribution in [3.63, 3.8) is 0 Å². The van der Waals surface area contributed by atoms with Crippen LogP contribution in [0.15, 0.2) is 0 Å². The van der Waals surface area contributed by atoms with Gasteiger partial charge in [-0.25, -0.2) is 0 Å². The molecule has 0 aliphatic rings. The monoisotopic (exact) mass is 242 g/mol. The Hall–Kier alpha value is -0.320. The molecule has 3 atom stereocenters. The van der Waals surface area contributed by atoms with Crippen LogP contribution in [0.5, 0.6) is 0 Å². The van der Waals surface area contributed by atoms with Crippen LogP contribution in [0.1, 0.15) is 13.3 Å². The smallest absolute Gasteiger partial charge is 0.197 e. The minimum Gasteiger partial charge on any atom is -0.394 e. The van der Waals surface area contributed by atoms with Crippen molar-refractivity contribution in [1.82, 2.24) is 0 Å².